The number of aromatic nitrogens is 2. The predicted octanol–water partition coefficient (Wildman–Crippen LogP) is 3.21. The fourth-order valence-corrected chi connectivity index (χ4v) is 3.83. The lowest BCUT2D eigenvalue weighted by Gasteiger charge is -2.20. The van der Waals surface area contributed by atoms with Crippen molar-refractivity contribution in [2.45, 2.75) is 19.4 Å². The number of thiophene rings is 1. The number of nitrogens with one attached hydrogen (secondary N) is 1. The van der Waals surface area contributed by atoms with E-state index < -0.39 is 0 Å². The van der Waals surface area contributed by atoms with Gasteiger partial charge in [0.2, 0.25) is 0 Å². The number of hydrogen-bond acceptors (Lipinski definition) is 3. The molecule has 21 heavy (non-hydrogen) atoms. The Morgan fingerprint density at radius 1 is 1.29 bits per heavy atom. The highest BCUT2D eigenvalue weighted by Gasteiger charge is 2.21. The highest BCUT2D eigenvalue weighted by atomic mass is 32.1. The number of hydrogen-bond donors (Lipinski definition) is 1. The van der Waals surface area contributed by atoms with E-state index >= 15 is 0 Å². The van der Waals surface area contributed by atoms with Crippen molar-refractivity contribution in [3.8, 4) is 0 Å². The molecule has 106 valence electrons. The first kappa shape index (κ1) is 12.6. The van der Waals surface area contributed by atoms with Crippen molar-refractivity contribution in [2.75, 3.05) is 6.54 Å². The Bertz CT molecular complexity index is 776. The molecule has 1 amide bonds. The molecule has 3 heterocycles. The van der Waals surface area contributed by atoms with Crippen LogP contribution < -0.4 is 0 Å². The second-order valence-corrected chi connectivity index (χ2v) is 6.42. The average Bonchev–Trinajstić information content (AvgIpc) is 3.01. The molecule has 1 aromatic carbocycles. The lowest BCUT2D eigenvalue weighted by atomic mass is 10.0. The monoisotopic (exact) mass is 297 g/mol. The molecule has 0 unspecified atom stereocenters. The number of amides is 1. The normalized spacial score (nSPS) is 15.0. The molecule has 0 spiro atoms. The zero-order valence-electron chi connectivity index (χ0n) is 11.5. The van der Waals surface area contributed by atoms with Gasteiger partial charge in [0, 0.05) is 18.5 Å². The summed E-state index contributed by atoms with van der Waals surface area (Å²) in [5, 5.41) is 7.92. The quantitative estimate of drug-likeness (QED) is 0.750. The highest BCUT2D eigenvalue weighted by molar-refractivity contribution is 7.20. The molecule has 0 saturated heterocycles. The van der Waals surface area contributed by atoms with Gasteiger partial charge in [0.15, 0.2) is 0 Å². The van der Waals surface area contributed by atoms with Crippen LogP contribution in [0.15, 0.2) is 36.5 Å². The summed E-state index contributed by atoms with van der Waals surface area (Å²) in [6.07, 6.45) is 3.84. The molecule has 0 saturated carbocycles. The molecule has 0 aliphatic carbocycles. The molecule has 2 aromatic heterocycles. The molecule has 3 aromatic rings. The van der Waals surface area contributed by atoms with Gasteiger partial charge >= 0.3 is 0 Å². The van der Waals surface area contributed by atoms with E-state index in [-0.39, 0.29) is 5.91 Å². The van der Waals surface area contributed by atoms with Crippen molar-refractivity contribution in [3.63, 3.8) is 0 Å². The van der Waals surface area contributed by atoms with Gasteiger partial charge in [-0.05, 0) is 30.0 Å². The van der Waals surface area contributed by atoms with Crippen molar-refractivity contribution in [3.05, 3.63) is 52.5 Å². The summed E-state index contributed by atoms with van der Waals surface area (Å²) in [5.74, 6) is 0.126. The standard InChI is InChI=1S/C16H15N3OS/c20-16(14-8-13-9-17-18-15(13)21-14)19-7-3-6-11-4-1-2-5-12(11)10-19/h1-2,4-5,8-9H,3,6-7,10H2,(H,17,18). The fourth-order valence-electron chi connectivity index (χ4n) is 2.88. The summed E-state index contributed by atoms with van der Waals surface area (Å²) in [5.41, 5.74) is 2.64. The van der Waals surface area contributed by atoms with Gasteiger partial charge in [0.25, 0.3) is 5.91 Å². The first-order valence-electron chi connectivity index (χ1n) is 7.10. The van der Waals surface area contributed by atoms with Crippen LogP contribution in [0, 0.1) is 0 Å². The number of H-pyrrole nitrogens is 1. The first-order chi connectivity index (χ1) is 10.3. The smallest absolute Gasteiger partial charge is 0.264 e. The minimum atomic E-state index is 0.126. The number of benzene rings is 1. The van der Waals surface area contributed by atoms with Crippen LogP contribution in [0.25, 0.3) is 10.2 Å². The Balaban J connectivity index is 1.63. The molecular weight excluding hydrogens is 282 g/mol. The lowest BCUT2D eigenvalue weighted by molar-refractivity contribution is 0.0751. The van der Waals surface area contributed by atoms with Crippen LogP contribution >= 0.6 is 11.3 Å². The van der Waals surface area contributed by atoms with Crippen LogP contribution in [0.5, 0.6) is 0 Å². The Kier molecular flexibility index (Phi) is 3.00. The molecule has 0 radical (unpaired) electrons. The molecule has 1 N–H and O–H groups in total. The second kappa shape index (κ2) is 5.00. The highest BCUT2D eigenvalue weighted by Crippen LogP contribution is 2.26. The van der Waals surface area contributed by atoms with Gasteiger partial charge in [0.1, 0.15) is 4.83 Å². The maximum absolute atomic E-state index is 12.7. The van der Waals surface area contributed by atoms with Crippen LogP contribution in [-0.4, -0.2) is 27.5 Å². The molecule has 4 nitrogen and oxygen atoms in total. The van der Waals surface area contributed by atoms with E-state index in [4.69, 9.17) is 0 Å². The molecule has 1 aliphatic heterocycles. The third kappa shape index (κ3) is 2.23. The summed E-state index contributed by atoms with van der Waals surface area (Å²) in [6, 6.07) is 10.4. The lowest BCUT2D eigenvalue weighted by Crippen LogP contribution is -2.30. The number of nitrogens with zero attached hydrogens (tertiary/aromatic N) is 2. The van der Waals surface area contributed by atoms with Crippen molar-refractivity contribution in [1.82, 2.24) is 15.1 Å². The van der Waals surface area contributed by atoms with E-state index in [2.05, 4.69) is 28.4 Å². The van der Waals surface area contributed by atoms with Crippen molar-refractivity contribution >= 4 is 27.5 Å². The van der Waals surface area contributed by atoms with E-state index in [9.17, 15) is 4.79 Å². The third-order valence-corrected chi connectivity index (χ3v) is 5.03. The van der Waals surface area contributed by atoms with Gasteiger partial charge in [-0.2, -0.15) is 5.10 Å². The fraction of sp³-hybridized carbons (Fsp3) is 0.250. The zero-order valence-corrected chi connectivity index (χ0v) is 12.3. The van der Waals surface area contributed by atoms with E-state index in [1.54, 1.807) is 6.20 Å². The van der Waals surface area contributed by atoms with Crippen molar-refractivity contribution in [1.29, 1.82) is 0 Å². The Labute approximate surface area is 126 Å². The summed E-state index contributed by atoms with van der Waals surface area (Å²) in [6.45, 7) is 1.52. The SMILES string of the molecule is O=C(c1cc2cn[nH]c2s1)N1CCCc2ccccc2C1. The largest absolute Gasteiger partial charge is 0.334 e. The van der Waals surface area contributed by atoms with Crippen LogP contribution in [0.4, 0.5) is 0 Å². The Morgan fingerprint density at radius 2 is 2.14 bits per heavy atom. The van der Waals surface area contributed by atoms with E-state index in [1.165, 1.54) is 22.5 Å². The third-order valence-electron chi connectivity index (χ3n) is 3.98. The molecule has 5 heteroatoms. The van der Waals surface area contributed by atoms with Crippen molar-refractivity contribution < 1.29 is 4.79 Å². The maximum Gasteiger partial charge on any atom is 0.264 e. The minimum absolute atomic E-state index is 0.126. The topological polar surface area (TPSA) is 49.0 Å². The van der Waals surface area contributed by atoms with Gasteiger partial charge in [0.05, 0.1) is 11.1 Å². The van der Waals surface area contributed by atoms with Crippen molar-refractivity contribution in [2.24, 2.45) is 0 Å². The first-order valence-corrected chi connectivity index (χ1v) is 7.92. The summed E-state index contributed by atoms with van der Waals surface area (Å²) in [4.78, 5) is 16.5. The van der Waals surface area contributed by atoms with E-state index in [1.807, 2.05) is 17.0 Å². The van der Waals surface area contributed by atoms with Crippen LogP contribution in [0.3, 0.4) is 0 Å². The molecule has 4 rings (SSSR count). The number of aryl methyl sites for hydroxylation is 1. The van der Waals surface area contributed by atoms with Gasteiger partial charge in [-0.1, -0.05) is 24.3 Å². The van der Waals surface area contributed by atoms with E-state index in [0.29, 0.717) is 6.54 Å². The molecule has 0 fully saturated rings. The van der Waals surface area contributed by atoms with Gasteiger partial charge in [-0.15, -0.1) is 11.3 Å². The number of fused-ring (bicyclic) bond motifs is 2. The average molecular weight is 297 g/mol. The number of rotatable bonds is 1. The Morgan fingerprint density at radius 3 is 3.00 bits per heavy atom. The summed E-state index contributed by atoms with van der Waals surface area (Å²) in [7, 11) is 0. The van der Waals surface area contributed by atoms with Crippen LogP contribution in [0.1, 0.15) is 27.2 Å². The molecule has 0 bridgehead atoms. The minimum Gasteiger partial charge on any atom is -0.334 e. The summed E-state index contributed by atoms with van der Waals surface area (Å²) >= 11 is 1.48. The van der Waals surface area contributed by atoms with Crippen LogP contribution in [0.2, 0.25) is 0 Å². The number of carbonyl (C=O) groups excluding carboxylic acids is 1. The number of carbonyl (C=O) groups is 1. The molecule has 0 atom stereocenters. The maximum atomic E-state index is 12.7. The zero-order chi connectivity index (χ0) is 14.2. The molecule has 1 aliphatic rings. The van der Waals surface area contributed by atoms with Crippen LogP contribution in [-0.2, 0) is 13.0 Å². The Hall–Kier alpha value is -2.14. The number of aromatic amines is 1. The van der Waals surface area contributed by atoms with E-state index in [0.717, 1.165) is 34.5 Å². The van der Waals surface area contributed by atoms with Gasteiger partial charge in [-0.3, -0.25) is 9.89 Å². The van der Waals surface area contributed by atoms with Gasteiger partial charge in [-0.25, -0.2) is 0 Å². The summed E-state index contributed by atoms with van der Waals surface area (Å²) < 4.78 is 0. The molecular formula is C16H15N3OS. The predicted molar refractivity (Wildman–Crippen MR) is 83.5 cm³/mol. The van der Waals surface area contributed by atoms with Gasteiger partial charge < -0.3 is 4.90 Å². The second-order valence-electron chi connectivity index (χ2n) is 5.36.